The summed E-state index contributed by atoms with van der Waals surface area (Å²) in [6, 6.07) is 10.2. The van der Waals surface area contributed by atoms with Crippen LogP contribution in [0.15, 0.2) is 34.7 Å². The summed E-state index contributed by atoms with van der Waals surface area (Å²) in [5, 5.41) is 0. The first-order valence-electron chi connectivity index (χ1n) is 6.41. The van der Waals surface area contributed by atoms with Gasteiger partial charge in [-0.3, -0.25) is 0 Å². The number of nitrogens with two attached hydrogens (primary N) is 1. The van der Waals surface area contributed by atoms with Gasteiger partial charge in [-0.2, -0.15) is 0 Å². The molecule has 94 valence electrons. The van der Waals surface area contributed by atoms with Crippen molar-refractivity contribution >= 4 is 11.4 Å². The van der Waals surface area contributed by atoms with E-state index in [1.807, 2.05) is 25.1 Å². The van der Waals surface area contributed by atoms with E-state index < -0.39 is 0 Å². The first-order valence-corrected chi connectivity index (χ1v) is 6.41. The SMILES string of the molecule is Cc1ccc(CN2CCCc3c(N)cccc32)o1. The van der Waals surface area contributed by atoms with Crippen LogP contribution in [0.3, 0.4) is 0 Å². The van der Waals surface area contributed by atoms with Gasteiger partial charge in [0.25, 0.3) is 0 Å². The number of hydrogen-bond acceptors (Lipinski definition) is 3. The summed E-state index contributed by atoms with van der Waals surface area (Å²) in [6.07, 6.45) is 2.23. The normalized spacial score (nSPS) is 14.6. The number of aryl methyl sites for hydroxylation is 1. The van der Waals surface area contributed by atoms with Crippen LogP contribution in [0.25, 0.3) is 0 Å². The second-order valence-electron chi connectivity index (χ2n) is 4.88. The molecule has 1 aromatic carbocycles. The lowest BCUT2D eigenvalue weighted by molar-refractivity contribution is 0.474. The van der Waals surface area contributed by atoms with Gasteiger partial charge < -0.3 is 15.1 Å². The summed E-state index contributed by atoms with van der Waals surface area (Å²) >= 11 is 0. The van der Waals surface area contributed by atoms with E-state index in [9.17, 15) is 0 Å². The van der Waals surface area contributed by atoms with Crippen LogP contribution in [0.2, 0.25) is 0 Å². The van der Waals surface area contributed by atoms with E-state index in [0.29, 0.717) is 0 Å². The minimum Gasteiger partial charge on any atom is -0.464 e. The van der Waals surface area contributed by atoms with E-state index >= 15 is 0 Å². The van der Waals surface area contributed by atoms with Gasteiger partial charge in [0.15, 0.2) is 0 Å². The molecule has 0 bridgehead atoms. The molecule has 0 fully saturated rings. The molecular formula is C15H18N2O. The Balaban J connectivity index is 1.89. The Kier molecular flexibility index (Phi) is 2.74. The molecule has 0 saturated heterocycles. The van der Waals surface area contributed by atoms with Crippen LogP contribution in [0.4, 0.5) is 11.4 Å². The highest BCUT2D eigenvalue weighted by molar-refractivity contribution is 5.66. The number of benzene rings is 1. The van der Waals surface area contributed by atoms with Gasteiger partial charge in [-0.15, -0.1) is 0 Å². The molecule has 1 aliphatic rings. The fourth-order valence-corrected chi connectivity index (χ4v) is 2.65. The standard InChI is InChI=1S/C15H18N2O/c1-11-7-8-12(18-11)10-17-9-3-4-13-14(16)5-2-6-15(13)17/h2,5-8H,3-4,9-10,16H2,1H3. The fourth-order valence-electron chi connectivity index (χ4n) is 2.65. The Hall–Kier alpha value is -1.90. The van der Waals surface area contributed by atoms with Gasteiger partial charge >= 0.3 is 0 Å². The van der Waals surface area contributed by atoms with Crippen molar-refractivity contribution in [2.24, 2.45) is 0 Å². The molecule has 1 aliphatic heterocycles. The van der Waals surface area contributed by atoms with E-state index in [0.717, 1.165) is 43.1 Å². The van der Waals surface area contributed by atoms with Crippen molar-refractivity contribution in [2.75, 3.05) is 17.2 Å². The molecule has 0 radical (unpaired) electrons. The average molecular weight is 242 g/mol. The quantitative estimate of drug-likeness (QED) is 0.823. The fraction of sp³-hybridized carbons (Fsp3) is 0.333. The summed E-state index contributed by atoms with van der Waals surface area (Å²) in [6.45, 7) is 3.87. The maximum absolute atomic E-state index is 6.05. The topological polar surface area (TPSA) is 42.4 Å². The Bertz CT molecular complexity index is 559. The molecule has 18 heavy (non-hydrogen) atoms. The highest BCUT2D eigenvalue weighted by Crippen LogP contribution is 2.32. The lowest BCUT2D eigenvalue weighted by Gasteiger charge is -2.31. The Morgan fingerprint density at radius 3 is 2.94 bits per heavy atom. The molecule has 3 rings (SSSR count). The molecule has 0 aliphatic carbocycles. The monoisotopic (exact) mass is 242 g/mol. The number of anilines is 2. The van der Waals surface area contributed by atoms with Crippen LogP contribution in [0.5, 0.6) is 0 Å². The predicted octanol–water partition coefficient (Wildman–Crippen LogP) is 3.12. The first kappa shape index (κ1) is 11.2. The minimum absolute atomic E-state index is 0.824. The van der Waals surface area contributed by atoms with E-state index in [2.05, 4.69) is 17.0 Å². The molecule has 0 saturated carbocycles. The van der Waals surface area contributed by atoms with Crippen LogP contribution in [0.1, 0.15) is 23.5 Å². The van der Waals surface area contributed by atoms with Gasteiger partial charge in [-0.05, 0) is 49.6 Å². The Labute approximate surface area is 107 Å². The summed E-state index contributed by atoms with van der Waals surface area (Å²) in [5.74, 6) is 1.98. The molecule has 3 nitrogen and oxygen atoms in total. The van der Waals surface area contributed by atoms with Crippen LogP contribution >= 0.6 is 0 Å². The van der Waals surface area contributed by atoms with Crippen molar-refractivity contribution in [2.45, 2.75) is 26.3 Å². The van der Waals surface area contributed by atoms with Gasteiger partial charge in [0.05, 0.1) is 6.54 Å². The highest BCUT2D eigenvalue weighted by atomic mass is 16.3. The van der Waals surface area contributed by atoms with E-state index in [1.54, 1.807) is 0 Å². The number of nitrogen functional groups attached to an aromatic ring is 1. The van der Waals surface area contributed by atoms with Gasteiger partial charge in [-0.25, -0.2) is 0 Å². The minimum atomic E-state index is 0.824. The first-order chi connectivity index (χ1) is 8.74. The van der Waals surface area contributed by atoms with Gasteiger partial charge in [-0.1, -0.05) is 6.07 Å². The third-order valence-corrected chi connectivity index (χ3v) is 3.53. The van der Waals surface area contributed by atoms with Gasteiger partial charge in [0.1, 0.15) is 11.5 Å². The second kappa shape index (κ2) is 4.41. The molecule has 0 amide bonds. The maximum Gasteiger partial charge on any atom is 0.123 e. The molecule has 2 heterocycles. The zero-order chi connectivity index (χ0) is 12.5. The number of rotatable bonds is 2. The number of nitrogens with zero attached hydrogens (tertiary/aromatic N) is 1. The van der Waals surface area contributed by atoms with Gasteiger partial charge in [0.2, 0.25) is 0 Å². The zero-order valence-electron chi connectivity index (χ0n) is 10.6. The molecule has 2 aromatic rings. The van der Waals surface area contributed by atoms with Crippen LogP contribution < -0.4 is 10.6 Å². The molecular weight excluding hydrogens is 224 g/mol. The molecule has 3 heteroatoms. The van der Waals surface area contributed by atoms with Crippen LogP contribution in [-0.4, -0.2) is 6.54 Å². The third kappa shape index (κ3) is 1.96. The predicted molar refractivity (Wildman–Crippen MR) is 73.7 cm³/mol. The largest absolute Gasteiger partial charge is 0.464 e. The van der Waals surface area contributed by atoms with Crippen molar-refractivity contribution in [3.05, 3.63) is 47.4 Å². The Morgan fingerprint density at radius 1 is 1.28 bits per heavy atom. The Morgan fingerprint density at radius 2 is 2.17 bits per heavy atom. The van der Waals surface area contributed by atoms with E-state index in [4.69, 9.17) is 10.2 Å². The maximum atomic E-state index is 6.05. The number of hydrogen-bond donors (Lipinski definition) is 1. The van der Waals surface area contributed by atoms with E-state index in [-0.39, 0.29) is 0 Å². The van der Waals surface area contributed by atoms with Crippen molar-refractivity contribution < 1.29 is 4.42 Å². The zero-order valence-corrected chi connectivity index (χ0v) is 10.6. The van der Waals surface area contributed by atoms with Crippen molar-refractivity contribution in [3.8, 4) is 0 Å². The lowest BCUT2D eigenvalue weighted by atomic mass is 10.00. The van der Waals surface area contributed by atoms with Crippen molar-refractivity contribution in [1.29, 1.82) is 0 Å². The average Bonchev–Trinajstić information content (AvgIpc) is 2.76. The smallest absolute Gasteiger partial charge is 0.123 e. The highest BCUT2D eigenvalue weighted by Gasteiger charge is 2.19. The lowest BCUT2D eigenvalue weighted by Crippen LogP contribution is -2.29. The molecule has 1 aromatic heterocycles. The summed E-state index contributed by atoms with van der Waals surface area (Å²) < 4.78 is 5.66. The van der Waals surface area contributed by atoms with E-state index in [1.165, 1.54) is 11.3 Å². The molecule has 0 atom stereocenters. The molecule has 0 unspecified atom stereocenters. The number of fused-ring (bicyclic) bond motifs is 1. The summed E-state index contributed by atoms with van der Waals surface area (Å²) in [5.41, 5.74) is 9.50. The summed E-state index contributed by atoms with van der Waals surface area (Å²) in [7, 11) is 0. The number of furan rings is 1. The third-order valence-electron chi connectivity index (χ3n) is 3.53. The van der Waals surface area contributed by atoms with Crippen molar-refractivity contribution in [1.82, 2.24) is 0 Å². The van der Waals surface area contributed by atoms with Crippen molar-refractivity contribution in [3.63, 3.8) is 0 Å². The van der Waals surface area contributed by atoms with Gasteiger partial charge in [0, 0.05) is 17.9 Å². The van der Waals surface area contributed by atoms with Crippen LogP contribution in [-0.2, 0) is 13.0 Å². The molecule has 0 spiro atoms. The second-order valence-corrected chi connectivity index (χ2v) is 4.88. The summed E-state index contributed by atoms with van der Waals surface area (Å²) in [4.78, 5) is 2.35. The molecule has 2 N–H and O–H groups in total. The van der Waals surface area contributed by atoms with Crippen LogP contribution in [0, 0.1) is 6.92 Å².